The first kappa shape index (κ1) is 14.2. The summed E-state index contributed by atoms with van der Waals surface area (Å²) in [7, 11) is 0. The number of aromatic nitrogens is 2. The van der Waals surface area contributed by atoms with Crippen molar-refractivity contribution in [2.45, 2.75) is 45.3 Å². The number of nitrogens with zero attached hydrogens (tertiary/aromatic N) is 2. The Hall–Kier alpha value is -0.910. The summed E-state index contributed by atoms with van der Waals surface area (Å²) in [6.07, 6.45) is 5.63. The quantitative estimate of drug-likeness (QED) is 0.624. The minimum Gasteiger partial charge on any atom is -0.396 e. The maximum atomic E-state index is 8.98. The molecule has 0 aliphatic carbocycles. The molecule has 1 rings (SSSR count). The van der Waals surface area contributed by atoms with Gasteiger partial charge in [-0.05, 0) is 19.8 Å². The summed E-state index contributed by atoms with van der Waals surface area (Å²) in [4.78, 5) is 0. The lowest BCUT2D eigenvalue weighted by Gasteiger charge is -2.22. The van der Waals surface area contributed by atoms with E-state index in [1.165, 1.54) is 0 Å². The van der Waals surface area contributed by atoms with Gasteiger partial charge in [0.25, 0.3) is 0 Å². The molecule has 1 heterocycles. The summed E-state index contributed by atoms with van der Waals surface area (Å²) in [5.74, 6) is 0. The van der Waals surface area contributed by atoms with E-state index in [1.54, 1.807) is 0 Å². The van der Waals surface area contributed by atoms with E-state index in [0.29, 0.717) is 12.6 Å². The molecule has 1 aromatic rings. The molecule has 0 radical (unpaired) electrons. The van der Waals surface area contributed by atoms with Crippen LogP contribution in [0.25, 0.3) is 0 Å². The van der Waals surface area contributed by atoms with Gasteiger partial charge < -0.3 is 16.2 Å². The topological polar surface area (TPSA) is 76.1 Å². The molecule has 5 nitrogen and oxygen atoms in total. The van der Waals surface area contributed by atoms with Gasteiger partial charge in [0.05, 0.1) is 6.20 Å². The third-order valence-electron chi connectivity index (χ3n) is 3.02. The molecular formula is C12H24N4O. The van der Waals surface area contributed by atoms with Crippen LogP contribution in [0.1, 0.15) is 38.3 Å². The lowest BCUT2D eigenvalue weighted by atomic mass is 10.1. The highest BCUT2D eigenvalue weighted by molar-refractivity contribution is 5.11. The Morgan fingerprint density at radius 1 is 1.53 bits per heavy atom. The van der Waals surface area contributed by atoms with Gasteiger partial charge >= 0.3 is 0 Å². The number of aryl methyl sites for hydroxylation is 1. The van der Waals surface area contributed by atoms with Crippen molar-refractivity contribution in [3.63, 3.8) is 0 Å². The number of hydrogen-bond acceptors (Lipinski definition) is 4. The van der Waals surface area contributed by atoms with Crippen molar-refractivity contribution in [2.24, 2.45) is 5.73 Å². The number of nitrogens with one attached hydrogen (secondary N) is 1. The van der Waals surface area contributed by atoms with Crippen molar-refractivity contribution < 1.29 is 5.11 Å². The van der Waals surface area contributed by atoms with Crippen LogP contribution < -0.4 is 11.1 Å². The van der Waals surface area contributed by atoms with Crippen LogP contribution in [0.4, 0.5) is 0 Å². The zero-order chi connectivity index (χ0) is 12.7. The molecule has 0 fully saturated rings. The SMILES string of the molecule is CCC(CCO)NC(CN)c1cnn(CC)c1. The van der Waals surface area contributed by atoms with Crippen molar-refractivity contribution >= 4 is 0 Å². The van der Waals surface area contributed by atoms with Gasteiger partial charge in [0.15, 0.2) is 0 Å². The summed E-state index contributed by atoms with van der Waals surface area (Å²) in [5.41, 5.74) is 6.91. The molecule has 0 bridgehead atoms. The predicted molar refractivity (Wildman–Crippen MR) is 68.6 cm³/mol. The van der Waals surface area contributed by atoms with Crippen molar-refractivity contribution in [1.82, 2.24) is 15.1 Å². The van der Waals surface area contributed by atoms with Gasteiger partial charge in [-0.1, -0.05) is 6.92 Å². The summed E-state index contributed by atoms with van der Waals surface area (Å²) in [6, 6.07) is 0.422. The first-order valence-electron chi connectivity index (χ1n) is 6.34. The highest BCUT2D eigenvalue weighted by atomic mass is 16.3. The number of aliphatic hydroxyl groups excluding tert-OH is 1. The lowest BCUT2D eigenvalue weighted by molar-refractivity contribution is 0.256. The van der Waals surface area contributed by atoms with Crippen molar-refractivity contribution in [3.05, 3.63) is 18.0 Å². The van der Waals surface area contributed by atoms with E-state index in [2.05, 4.69) is 24.3 Å². The maximum Gasteiger partial charge on any atom is 0.0538 e. The third kappa shape index (κ3) is 4.11. The molecule has 0 spiro atoms. The smallest absolute Gasteiger partial charge is 0.0538 e. The fourth-order valence-corrected chi connectivity index (χ4v) is 1.88. The van der Waals surface area contributed by atoms with Crippen LogP contribution in [0.3, 0.4) is 0 Å². The molecule has 0 amide bonds. The maximum absolute atomic E-state index is 8.98. The van der Waals surface area contributed by atoms with E-state index >= 15 is 0 Å². The Bertz CT molecular complexity index is 313. The van der Waals surface area contributed by atoms with Gasteiger partial charge in [0.2, 0.25) is 0 Å². The molecular weight excluding hydrogens is 216 g/mol. The number of aliphatic hydroxyl groups is 1. The second-order valence-corrected chi connectivity index (χ2v) is 4.20. The summed E-state index contributed by atoms with van der Waals surface area (Å²) < 4.78 is 1.90. The molecule has 0 saturated heterocycles. The highest BCUT2D eigenvalue weighted by Gasteiger charge is 2.15. The van der Waals surface area contributed by atoms with Gasteiger partial charge in [-0.25, -0.2) is 0 Å². The van der Waals surface area contributed by atoms with E-state index < -0.39 is 0 Å². The van der Waals surface area contributed by atoms with Crippen molar-refractivity contribution in [3.8, 4) is 0 Å². The van der Waals surface area contributed by atoms with Crippen LogP contribution in [0.5, 0.6) is 0 Å². The van der Waals surface area contributed by atoms with Crippen LogP contribution in [-0.2, 0) is 6.54 Å². The zero-order valence-corrected chi connectivity index (χ0v) is 10.8. The third-order valence-corrected chi connectivity index (χ3v) is 3.02. The van der Waals surface area contributed by atoms with Gasteiger partial charge in [0, 0.05) is 43.5 Å². The molecule has 2 atom stereocenters. The first-order chi connectivity index (χ1) is 8.24. The highest BCUT2D eigenvalue weighted by Crippen LogP contribution is 2.13. The molecule has 1 aromatic heterocycles. The minimum atomic E-state index is 0.117. The Balaban J connectivity index is 2.63. The standard InChI is InChI=1S/C12H24N4O/c1-3-11(5-6-17)15-12(7-13)10-8-14-16(4-2)9-10/h8-9,11-12,15,17H,3-7,13H2,1-2H3. The van der Waals surface area contributed by atoms with Gasteiger partial charge in [-0.2, -0.15) is 5.10 Å². The molecule has 2 unspecified atom stereocenters. The average molecular weight is 240 g/mol. The summed E-state index contributed by atoms with van der Waals surface area (Å²) >= 11 is 0. The predicted octanol–water partition coefficient (Wildman–Crippen LogP) is 0.653. The van der Waals surface area contributed by atoms with E-state index in [0.717, 1.165) is 24.9 Å². The Kier molecular flexibility index (Phi) is 6.18. The Morgan fingerprint density at radius 2 is 2.29 bits per heavy atom. The van der Waals surface area contributed by atoms with Crippen LogP contribution >= 0.6 is 0 Å². The Morgan fingerprint density at radius 3 is 2.76 bits per heavy atom. The minimum absolute atomic E-state index is 0.117. The monoisotopic (exact) mass is 240 g/mol. The van der Waals surface area contributed by atoms with Crippen LogP contribution in [-0.4, -0.2) is 34.1 Å². The molecule has 0 saturated carbocycles. The van der Waals surface area contributed by atoms with Crippen LogP contribution in [0.2, 0.25) is 0 Å². The van der Waals surface area contributed by atoms with E-state index in [-0.39, 0.29) is 12.6 Å². The summed E-state index contributed by atoms with van der Waals surface area (Å²) in [5, 5.41) is 16.7. The molecule has 0 aromatic carbocycles. The number of rotatable bonds is 8. The molecule has 0 aliphatic rings. The Labute approximate surface area is 103 Å². The van der Waals surface area contributed by atoms with Crippen LogP contribution in [0.15, 0.2) is 12.4 Å². The number of nitrogens with two attached hydrogens (primary N) is 1. The van der Waals surface area contributed by atoms with E-state index in [4.69, 9.17) is 10.8 Å². The van der Waals surface area contributed by atoms with E-state index in [9.17, 15) is 0 Å². The zero-order valence-electron chi connectivity index (χ0n) is 10.8. The molecule has 0 aliphatic heterocycles. The second-order valence-electron chi connectivity index (χ2n) is 4.20. The van der Waals surface area contributed by atoms with Crippen molar-refractivity contribution in [2.75, 3.05) is 13.2 Å². The van der Waals surface area contributed by atoms with Gasteiger partial charge in [-0.15, -0.1) is 0 Å². The normalized spacial score (nSPS) is 14.8. The van der Waals surface area contributed by atoms with Gasteiger partial charge in [0.1, 0.15) is 0 Å². The lowest BCUT2D eigenvalue weighted by Crippen LogP contribution is -2.36. The average Bonchev–Trinajstić information content (AvgIpc) is 2.83. The molecule has 5 heteroatoms. The summed E-state index contributed by atoms with van der Waals surface area (Å²) in [6.45, 7) is 5.78. The largest absolute Gasteiger partial charge is 0.396 e. The fraction of sp³-hybridized carbons (Fsp3) is 0.750. The van der Waals surface area contributed by atoms with Crippen LogP contribution in [0, 0.1) is 0 Å². The molecule has 17 heavy (non-hydrogen) atoms. The molecule has 4 N–H and O–H groups in total. The van der Waals surface area contributed by atoms with E-state index in [1.807, 2.05) is 17.1 Å². The fourth-order valence-electron chi connectivity index (χ4n) is 1.88. The van der Waals surface area contributed by atoms with Gasteiger partial charge in [-0.3, -0.25) is 4.68 Å². The second kappa shape index (κ2) is 7.42. The van der Waals surface area contributed by atoms with Crippen molar-refractivity contribution in [1.29, 1.82) is 0 Å². The number of hydrogen-bond donors (Lipinski definition) is 3. The molecule has 98 valence electrons. The first-order valence-corrected chi connectivity index (χ1v) is 6.34.